The standard InChI is InChI=1S/C14H23N3O2/c1-2-18-6-5-13-16-14(19-17-13)9-10-7-11-3-4-12(8-10)15-11/h10-12,15H,2-9H2,1H3. The predicted octanol–water partition coefficient (Wildman–Crippen LogP) is 1.72. The highest BCUT2D eigenvalue weighted by molar-refractivity contribution is 4.96. The third kappa shape index (κ3) is 3.34. The Morgan fingerprint density at radius 2 is 2.11 bits per heavy atom. The van der Waals surface area contributed by atoms with Crippen LogP contribution in [0.2, 0.25) is 0 Å². The molecule has 19 heavy (non-hydrogen) atoms. The lowest BCUT2D eigenvalue weighted by atomic mass is 9.90. The first-order valence-corrected chi connectivity index (χ1v) is 7.48. The Kier molecular flexibility index (Phi) is 4.13. The molecule has 0 aliphatic carbocycles. The lowest BCUT2D eigenvalue weighted by molar-refractivity contribution is 0.149. The molecular formula is C14H23N3O2. The average molecular weight is 265 g/mol. The van der Waals surface area contributed by atoms with Gasteiger partial charge in [0.05, 0.1) is 6.61 Å². The molecule has 1 N–H and O–H groups in total. The molecule has 1 aromatic rings. The van der Waals surface area contributed by atoms with Crippen LogP contribution in [0.5, 0.6) is 0 Å². The molecule has 106 valence electrons. The van der Waals surface area contributed by atoms with E-state index in [-0.39, 0.29) is 0 Å². The lowest BCUT2D eigenvalue weighted by Gasteiger charge is -2.27. The van der Waals surface area contributed by atoms with E-state index < -0.39 is 0 Å². The van der Waals surface area contributed by atoms with Gasteiger partial charge in [-0.3, -0.25) is 0 Å². The van der Waals surface area contributed by atoms with Gasteiger partial charge in [0.15, 0.2) is 5.82 Å². The highest BCUT2D eigenvalue weighted by Crippen LogP contribution is 2.32. The summed E-state index contributed by atoms with van der Waals surface area (Å²) in [5.41, 5.74) is 0. The number of fused-ring (bicyclic) bond motifs is 2. The number of piperidine rings is 1. The summed E-state index contributed by atoms with van der Waals surface area (Å²) in [5.74, 6) is 2.29. The van der Waals surface area contributed by atoms with E-state index in [0.717, 1.165) is 43.2 Å². The molecule has 2 bridgehead atoms. The van der Waals surface area contributed by atoms with Crippen molar-refractivity contribution in [3.8, 4) is 0 Å². The fourth-order valence-corrected chi connectivity index (χ4v) is 3.37. The Labute approximate surface area is 114 Å². The van der Waals surface area contributed by atoms with Crippen molar-refractivity contribution in [2.24, 2.45) is 5.92 Å². The van der Waals surface area contributed by atoms with E-state index in [1.54, 1.807) is 0 Å². The van der Waals surface area contributed by atoms with Crippen molar-refractivity contribution in [2.45, 2.75) is 57.5 Å². The predicted molar refractivity (Wildman–Crippen MR) is 70.9 cm³/mol. The van der Waals surface area contributed by atoms with Gasteiger partial charge >= 0.3 is 0 Å². The van der Waals surface area contributed by atoms with Crippen LogP contribution in [0.15, 0.2) is 4.52 Å². The van der Waals surface area contributed by atoms with Gasteiger partial charge in [-0.1, -0.05) is 5.16 Å². The Balaban J connectivity index is 1.49. The second kappa shape index (κ2) is 6.01. The zero-order valence-electron chi connectivity index (χ0n) is 11.6. The molecule has 0 amide bonds. The van der Waals surface area contributed by atoms with E-state index in [1.165, 1.54) is 25.7 Å². The summed E-state index contributed by atoms with van der Waals surface area (Å²) in [5, 5.41) is 7.69. The first-order chi connectivity index (χ1) is 9.33. The number of rotatable bonds is 6. The normalized spacial score (nSPS) is 29.8. The van der Waals surface area contributed by atoms with E-state index in [9.17, 15) is 0 Å². The smallest absolute Gasteiger partial charge is 0.226 e. The second-order valence-corrected chi connectivity index (χ2v) is 5.73. The zero-order chi connectivity index (χ0) is 13.1. The van der Waals surface area contributed by atoms with Crippen LogP contribution in [0.1, 0.15) is 44.3 Å². The van der Waals surface area contributed by atoms with Crippen LogP contribution in [-0.2, 0) is 17.6 Å². The van der Waals surface area contributed by atoms with Crippen molar-refractivity contribution in [2.75, 3.05) is 13.2 Å². The van der Waals surface area contributed by atoms with Crippen LogP contribution in [0.4, 0.5) is 0 Å². The molecule has 2 unspecified atom stereocenters. The molecule has 0 saturated carbocycles. The number of hydrogen-bond acceptors (Lipinski definition) is 5. The van der Waals surface area contributed by atoms with Crippen molar-refractivity contribution >= 4 is 0 Å². The number of aromatic nitrogens is 2. The monoisotopic (exact) mass is 265 g/mol. The van der Waals surface area contributed by atoms with E-state index >= 15 is 0 Å². The quantitative estimate of drug-likeness (QED) is 0.794. The Hall–Kier alpha value is -0.940. The van der Waals surface area contributed by atoms with Crippen LogP contribution in [0.25, 0.3) is 0 Å². The summed E-state index contributed by atoms with van der Waals surface area (Å²) >= 11 is 0. The average Bonchev–Trinajstić information content (AvgIpc) is 2.97. The highest BCUT2D eigenvalue weighted by atomic mass is 16.5. The maximum Gasteiger partial charge on any atom is 0.226 e. The van der Waals surface area contributed by atoms with Crippen molar-refractivity contribution in [3.05, 3.63) is 11.7 Å². The third-order valence-electron chi connectivity index (χ3n) is 4.22. The lowest BCUT2D eigenvalue weighted by Crippen LogP contribution is -2.38. The van der Waals surface area contributed by atoms with Crippen LogP contribution in [-0.4, -0.2) is 35.4 Å². The summed E-state index contributed by atoms with van der Waals surface area (Å²) in [6.07, 6.45) is 6.88. The minimum Gasteiger partial charge on any atom is -0.381 e. The Morgan fingerprint density at radius 1 is 1.32 bits per heavy atom. The van der Waals surface area contributed by atoms with E-state index in [0.29, 0.717) is 12.5 Å². The van der Waals surface area contributed by atoms with E-state index in [2.05, 4.69) is 15.5 Å². The molecular weight excluding hydrogens is 242 g/mol. The summed E-state index contributed by atoms with van der Waals surface area (Å²) in [6, 6.07) is 1.45. The van der Waals surface area contributed by atoms with Crippen LogP contribution < -0.4 is 5.32 Å². The maximum atomic E-state index is 5.35. The molecule has 3 rings (SSSR count). The van der Waals surface area contributed by atoms with Gasteiger partial charge in [-0.05, 0) is 38.5 Å². The fourth-order valence-electron chi connectivity index (χ4n) is 3.37. The van der Waals surface area contributed by atoms with Gasteiger partial charge in [0.25, 0.3) is 0 Å². The van der Waals surface area contributed by atoms with E-state index in [4.69, 9.17) is 9.26 Å². The molecule has 0 spiro atoms. The minimum atomic E-state index is 0.674. The first-order valence-electron chi connectivity index (χ1n) is 7.48. The number of nitrogens with zero attached hydrogens (tertiary/aromatic N) is 2. The maximum absolute atomic E-state index is 5.35. The Bertz CT molecular complexity index is 395. The van der Waals surface area contributed by atoms with Gasteiger partial charge in [-0.15, -0.1) is 0 Å². The van der Waals surface area contributed by atoms with Gasteiger partial charge in [0.2, 0.25) is 5.89 Å². The van der Waals surface area contributed by atoms with Crippen LogP contribution >= 0.6 is 0 Å². The topological polar surface area (TPSA) is 60.2 Å². The molecule has 1 aromatic heterocycles. The first kappa shape index (κ1) is 13.1. The van der Waals surface area contributed by atoms with Crippen molar-refractivity contribution in [1.29, 1.82) is 0 Å². The summed E-state index contributed by atoms with van der Waals surface area (Å²) in [4.78, 5) is 4.47. The van der Waals surface area contributed by atoms with Crippen molar-refractivity contribution in [1.82, 2.24) is 15.5 Å². The van der Waals surface area contributed by atoms with Gasteiger partial charge in [0, 0.05) is 31.5 Å². The fraction of sp³-hybridized carbons (Fsp3) is 0.857. The zero-order valence-corrected chi connectivity index (χ0v) is 11.6. The molecule has 0 aromatic carbocycles. The van der Waals surface area contributed by atoms with Crippen LogP contribution in [0.3, 0.4) is 0 Å². The van der Waals surface area contributed by atoms with Crippen molar-refractivity contribution in [3.63, 3.8) is 0 Å². The Morgan fingerprint density at radius 3 is 2.84 bits per heavy atom. The molecule has 0 radical (unpaired) electrons. The molecule has 2 aliphatic heterocycles. The van der Waals surface area contributed by atoms with Gasteiger partial charge in [-0.25, -0.2) is 0 Å². The molecule has 2 fully saturated rings. The van der Waals surface area contributed by atoms with Gasteiger partial charge in [-0.2, -0.15) is 4.98 Å². The van der Waals surface area contributed by atoms with E-state index in [1.807, 2.05) is 6.92 Å². The highest BCUT2D eigenvalue weighted by Gasteiger charge is 2.34. The SMILES string of the molecule is CCOCCc1noc(CC2CC3CCC(C2)N3)n1. The number of hydrogen-bond donors (Lipinski definition) is 1. The summed E-state index contributed by atoms with van der Waals surface area (Å²) in [7, 11) is 0. The van der Waals surface area contributed by atoms with Gasteiger partial charge in [0.1, 0.15) is 0 Å². The number of nitrogens with one attached hydrogen (secondary N) is 1. The molecule has 2 aliphatic rings. The molecule has 2 atom stereocenters. The minimum absolute atomic E-state index is 0.674. The third-order valence-corrected chi connectivity index (χ3v) is 4.22. The molecule has 2 saturated heterocycles. The molecule has 3 heterocycles. The molecule has 5 heteroatoms. The summed E-state index contributed by atoms with van der Waals surface area (Å²) in [6.45, 7) is 3.41. The van der Waals surface area contributed by atoms with Crippen LogP contribution in [0, 0.1) is 5.92 Å². The largest absolute Gasteiger partial charge is 0.381 e. The number of ether oxygens (including phenoxy) is 1. The summed E-state index contributed by atoms with van der Waals surface area (Å²) < 4.78 is 10.7. The molecule has 5 nitrogen and oxygen atoms in total. The van der Waals surface area contributed by atoms with Gasteiger partial charge < -0.3 is 14.6 Å². The van der Waals surface area contributed by atoms with Crippen molar-refractivity contribution < 1.29 is 9.26 Å². The second-order valence-electron chi connectivity index (χ2n) is 5.73.